The summed E-state index contributed by atoms with van der Waals surface area (Å²) in [7, 11) is -2.16. The first-order valence-corrected chi connectivity index (χ1v) is 12.8. The Labute approximate surface area is 201 Å². The number of nitrogens with one attached hydrogen (secondary N) is 2. The van der Waals surface area contributed by atoms with Gasteiger partial charge < -0.3 is 20.3 Å². The van der Waals surface area contributed by atoms with Crippen molar-refractivity contribution in [1.82, 2.24) is 9.21 Å². The molecule has 2 N–H and O–H groups in total. The average Bonchev–Trinajstić information content (AvgIpc) is 3.35. The summed E-state index contributed by atoms with van der Waals surface area (Å²) in [6.45, 7) is 4.86. The monoisotopic (exact) mass is 488 g/mol. The molecule has 34 heavy (non-hydrogen) atoms. The first-order chi connectivity index (χ1) is 16.2. The minimum atomic E-state index is -3.70. The van der Waals surface area contributed by atoms with Crippen LogP contribution in [-0.2, 0) is 19.6 Å². The molecule has 0 aromatic heterocycles. The highest BCUT2D eigenvalue weighted by Gasteiger charge is 2.30. The van der Waals surface area contributed by atoms with Crippen molar-refractivity contribution in [3.8, 4) is 5.75 Å². The number of amides is 2. The number of aryl methyl sites for hydroxylation is 1. The summed E-state index contributed by atoms with van der Waals surface area (Å²) in [6, 6.07) is 12.2. The van der Waals surface area contributed by atoms with E-state index in [1.807, 2.05) is 19.1 Å². The van der Waals surface area contributed by atoms with Gasteiger partial charge in [0.05, 0.1) is 19.7 Å². The Hall–Kier alpha value is -3.11. The van der Waals surface area contributed by atoms with Crippen molar-refractivity contribution in [2.45, 2.75) is 31.6 Å². The number of likely N-dealkylation sites (N-methyl/N-ethyl adjacent to an activating group) is 1. The van der Waals surface area contributed by atoms with E-state index in [0.29, 0.717) is 31.1 Å². The number of benzene rings is 2. The molecule has 2 aromatic rings. The Bertz CT molecular complexity index is 1110. The van der Waals surface area contributed by atoms with Crippen LogP contribution in [0.25, 0.3) is 0 Å². The standard InChI is InChI=1S/C24H32N4O5S/c1-4-33-21-12-11-20(15-22(21)34(31,32)28-13-5-6-14-28)25-16-24(30)27(3)17-23(29)26-19-9-7-18(2)8-10-19/h7-12,15,25H,4-6,13-14,16-17H2,1-3H3,(H,26,29). The molecule has 1 aliphatic heterocycles. The summed E-state index contributed by atoms with van der Waals surface area (Å²) in [5.41, 5.74) is 2.23. The number of anilines is 2. The molecule has 10 heteroatoms. The molecule has 1 fully saturated rings. The topological polar surface area (TPSA) is 108 Å². The number of hydrogen-bond acceptors (Lipinski definition) is 6. The molecule has 0 atom stereocenters. The second kappa shape index (κ2) is 11.3. The minimum Gasteiger partial charge on any atom is -0.492 e. The van der Waals surface area contributed by atoms with E-state index in [2.05, 4.69) is 10.6 Å². The Balaban J connectivity index is 1.62. The fourth-order valence-corrected chi connectivity index (χ4v) is 5.29. The van der Waals surface area contributed by atoms with Crippen LogP contribution in [0.1, 0.15) is 25.3 Å². The van der Waals surface area contributed by atoms with E-state index in [-0.39, 0.29) is 35.5 Å². The Morgan fingerprint density at radius 2 is 1.71 bits per heavy atom. The fraction of sp³-hybridized carbons (Fsp3) is 0.417. The van der Waals surface area contributed by atoms with E-state index >= 15 is 0 Å². The predicted molar refractivity (Wildman–Crippen MR) is 132 cm³/mol. The molecule has 9 nitrogen and oxygen atoms in total. The molecule has 0 bridgehead atoms. The van der Waals surface area contributed by atoms with Crippen molar-refractivity contribution in [2.24, 2.45) is 0 Å². The second-order valence-corrected chi connectivity index (χ2v) is 10.1. The third-order valence-electron chi connectivity index (χ3n) is 5.51. The van der Waals surface area contributed by atoms with E-state index < -0.39 is 10.0 Å². The minimum absolute atomic E-state index is 0.0829. The zero-order chi connectivity index (χ0) is 24.7. The van der Waals surface area contributed by atoms with Crippen molar-refractivity contribution in [1.29, 1.82) is 0 Å². The van der Waals surface area contributed by atoms with Crippen LogP contribution in [0.15, 0.2) is 47.4 Å². The third-order valence-corrected chi connectivity index (χ3v) is 7.43. The van der Waals surface area contributed by atoms with E-state index in [0.717, 1.165) is 18.4 Å². The summed E-state index contributed by atoms with van der Waals surface area (Å²) in [5, 5.41) is 5.72. The van der Waals surface area contributed by atoms with Gasteiger partial charge in [0.25, 0.3) is 0 Å². The van der Waals surface area contributed by atoms with Gasteiger partial charge in [-0.25, -0.2) is 8.42 Å². The zero-order valence-corrected chi connectivity index (χ0v) is 20.7. The maximum absolute atomic E-state index is 13.1. The number of carbonyl (C=O) groups is 2. The van der Waals surface area contributed by atoms with Crippen LogP contribution < -0.4 is 15.4 Å². The lowest BCUT2D eigenvalue weighted by Crippen LogP contribution is -2.38. The van der Waals surface area contributed by atoms with Crippen molar-refractivity contribution in [3.05, 3.63) is 48.0 Å². The smallest absolute Gasteiger partial charge is 0.246 e. The summed E-state index contributed by atoms with van der Waals surface area (Å²) in [4.78, 5) is 26.2. The van der Waals surface area contributed by atoms with Crippen LogP contribution in [0, 0.1) is 6.92 Å². The van der Waals surface area contributed by atoms with Crippen molar-refractivity contribution in [3.63, 3.8) is 0 Å². The summed E-state index contributed by atoms with van der Waals surface area (Å²) >= 11 is 0. The van der Waals surface area contributed by atoms with Crippen LogP contribution in [0.4, 0.5) is 11.4 Å². The maximum Gasteiger partial charge on any atom is 0.246 e. The van der Waals surface area contributed by atoms with Crippen LogP contribution in [-0.4, -0.2) is 69.3 Å². The lowest BCUT2D eigenvalue weighted by Gasteiger charge is -2.20. The number of carbonyl (C=O) groups excluding carboxylic acids is 2. The van der Waals surface area contributed by atoms with Gasteiger partial charge in [0.15, 0.2) is 0 Å². The van der Waals surface area contributed by atoms with E-state index in [9.17, 15) is 18.0 Å². The molecular formula is C24H32N4O5S. The first-order valence-electron chi connectivity index (χ1n) is 11.3. The number of sulfonamides is 1. The Kier molecular flexibility index (Phi) is 8.51. The molecule has 2 amide bonds. The predicted octanol–water partition coefficient (Wildman–Crippen LogP) is 2.69. The van der Waals surface area contributed by atoms with Gasteiger partial charge in [-0.1, -0.05) is 17.7 Å². The number of nitrogens with zero attached hydrogens (tertiary/aromatic N) is 2. The molecule has 0 radical (unpaired) electrons. The Morgan fingerprint density at radius 1 is 1.06 bits per heavy atom. The van der Waals surface area contributed by atoms with Gasteiger partial charge in [-0.05, 0) is 57.0 Å². The summed E-state index contributed by atoms with van der Waals surface area (Å²) in [6.07, 6.45) is 1.67. The third kappa shape index (κ3) is 6.48. The highest BCUT2D eigenvalue weighted by atomic mass is 32.2. The first kappa shape index (κ1) is 25.5. The van der Waals surface area contributed by atoms with Crippen molar-refractivity contribution < 1.29 is 22.7 Å². The van der Waals surface area contributed by atoms with Crippen LogP contribution >= 0.6 is 0 Å². The number of ether oxygens (including phenoxy) is 1. The van der Waals surface area contributed by atoms with Crippen molar-refractivity contribution >= 4 is 33.2 Å². The molecule has 1 heterocycles. The lowest BCUT2D eigenvalue weighted by atomic mass is 10.2. The number of hydrogen-bond donors (Lipinski definition) is 2. The molecule has 1 saturated heterocycles. The average molecular weight is 489 g/mol. The molecule has 0 spiro atoms. The number of rotatable bonds is 10. The van der Waals surface area contributed by atoms with E-state index in [1.165, 1.54) is 15.3 Å². The van der Waals surface area contributed by atoms with Crippen LogP contribution in [0.3, 0.4) is 0 Å². The van der Waals surface area contributed by atoms with Gasteiger partial charge in [0.2, 0.25) is 21.8 Å². The molecule has 0 saturated carbocycles. The summed E-state index contributed by atoms with van der Waals surface area (Å²) < 4.78 is 33.2. The lowest BCUT2D eigenvalue weighted by molar-refractivity contribution is -0.131. The largest absolute Gasteiger partial charge is 0.492 e. The molecule has 3 rings (SSSR count). The van der Waals surface area contributed by atoms with Gasteiger partial charge >= 0.3 is 0 Å². The molecule has 0 aliphatic carbocycles. The quantitative estimate of drug-likeness (QED) is 0.532. The van der Waals surface area contributed by atoms with Gasteiger partial charge in [0.1, 0.15) is 10.6 Å². The summed E-state index contributed by atoms with van der Waals surface area (Å²) in [5.74, 6) is -0.326. The van der Waals surface area contributed by atoms with Crippen LogP contribution in [0.5, 0.6) is 5.75 Å². The normalized spacial score (nSPS) is 14.0. The Morgan fingerprint density at radius 3 is 2.35 bits per heavy atom. The zero-order valence-electron chi connectivity index (χ0n) is 19.8. The van der Waals surface area contributed by atoms with Gasteiger partial charge in [-0.15, -0.1) is 0 Å². The molecular weight excluding hydrogens is 456 g/mol. The van der Waals surface area contributed by atoms with Gasteiger partial charge in [-0.3, -0.25) is 9.59 Å². The highest BCUT2D eigenvalue weighted by molar-refractivity contribution is 7.89. The van der Waals surface area contributed by atoms with Crippen LogP contribution in [0.2, 0.25) is 0 Å². The molecule has 0 unspecified atom stereocenters. The SMILES string of the molecule is CCOc1ccc(NCC(=O)N(C)CC(=O)Nc2ccc(C)cc2)cc1S(=O)(=O)N1CCCC1. The van der Waals surface area contributed by atoms with Crippen molar-refractivity contribution in [2.75, 3.05) is 50.5 Å². The van der Waals surface area contributed by atoms with E-state index in [1.54, 1.807) is 38.2 Å². The van der Waals surface area contributed by atoms with E-state index in [4.69, 9.17) is 4.74 Å². The van der Waals surface area contributed by atoms with Gasteiger partial charge in [0, 0.05) is 31.5 Å². The van der Waals surface area contributed by atoms with Gasteiger partial charge in [-0.2, -0.15) is 4.31 Å². The second-order valence-electron chi connectivity index (χ2n) is 8.22. The molecule has 1 aliphatic rings. The molecule has 2 aromatic carbocycles. The highest BCUT2D eigenvalue weighted by Crippen LogP contribution is 2.31. The molecule has 184 valence electrons. The maximum atomic E-state index is 13.1. The fourth-order valence-electron chi connectivity index (χ4n) is 3.62.